The molecular weight excluding hydrogens is 444 g/mol. The van der Waals surface area contributed by atoms with Crippen molar-refractivity contribution in [2.24, 2.45) is 0 Å². The highest BCUT2D eigenvalue weighted by molar-refractivity contribution is 7.19. The van der Waals surface area contributed by atoms with Crippen LogP contribution >= 0.6 is 11.3 Å². The summed E-state index contributed by atoms with van der Waals surface area (Å²) in [5, 5.41) is 6.12. The molecule has 2 aromatic carbocycles. The Bertz CT molecular complexity index is 1270. The molecule has 1 aliphatic rings. The minimum absolute atomic E-state index is 0.0249. The number of ether oxygens (including phenoxy) is 1. The van der Waals surface area contributed by atoms with Gasteiger partial charge in [-0.3, -0.25) is 14.4 Å². The number of hydrogen-bond donors (Lipinski definition) is 0. The number of methoxy groups -OCH3 is 1. The van der Waals surface area contributed by atoms with Gasteiger partial charge in [0.15, 0.2) is 5.69 Å². The van der Waals surface area contributed by atoms with Crippen molar-refractivity contribution in [3.8, 4) is 5.75 Å². The van der Waals surface area contributed by atoms with Gasteiger partial charge >= 0.3 is 0 Å². The summed E-state index contributed by atoms with van der Waals surface area (Å²) in [6.07, 6.45) is 1.76. The van der Waals surface area contributed by atoms with E-state index < -0.39 is 0 Å². The molecule has 0 atom stereocenters. The van der Waals surface area contributed by atoms with Gasteiger partial charge in [0, 0.05) is 67.5 Å². The average molecular weight is 475 g/mol. The Kier molecular flexibility index (Phi) is 6.39. The van der Waals surface area contributed by atoms with E-state index in [4.69, 9.17) is 9.84 Å². The molecule has 6 nitrogen and oxygen atoms in total. The summed E-state index contributed by atoms with van der Waals surface area (Å²) >= 11 is 1.85. The third kappa shape index (κ3) is 4.58. The predicted octanol–water partition coefficient (Wildman–Crippen LogP) is 4.61. The number of benzene rings is 2. The van der Waals surface area contributed by atoms with Gasteiger partial charge < -0.3 is 9.64 Å². The standard InChI is InChI=1S/C27H30N4O2S/c1-29(2)27(32)26-23-18-30(17-22-16-20-6-4-5-7-25(20)34-22)14-13-24(23)31(28-26)15-12-19-8-10-21(33-3)11-9-19/h4-11,16H,12-15,17-18H2,1-3H3. The Morgan fingerprint density at radius 3 is 2.68 bits per heavy atom. The topological polar surface area (TPSA) is 50.6 Å². The van der Waals surface area contributed by atoms with E-state index in [1.807, 2.05) is 23.5 Å². The zero-order valence-electron chi connectivity index (χ0n) is 20.0. The Morgan fingerprint density at radius 1 is 1.15 bits per heavy atom. The number of amides is 1. The van der Waals surface area contributed by atoms with Crippen molar-refractivity contribution in [2.75, 3.05) is 27.7 Å². The maximum absolute atomic E-state index is 13.0. The maximum atomic E-state index is 13.0. The van der Waals surface area contributed by atoms with Gasteiger partial charge in [0.25, 0.3) is 5.91 Å². The first-order valence-corrected chi connectivity index (χ1v) is 12.5. The molecular formula is C27H30N4O2S. The average Bonchev–Trinajstić information content (AvgIpc) is 3.43. The van der Waals surface area contributed by atoms with Crippen molar-refractivity contribution < 1.29 is 9.53 Å². The zero-order chi connectivity index (χ0) is 23.7. The number of rotatable bonds is 7. The van der Waals surface area contributed by atoms with E-state index in [1.54, 1.807) is 26.1 Å². The van der Waals surface area contributed by atoms with Gasteiger partial charge in [-0.05, 0) is 41.6 Å². The van der Waals surface area contributed by atoms with Gasteiger partial charge in [-0.2, -0.15) is 5.10 Å². The summed E-state index contributed by atoms with van der Waals surface area (Å²) in [4.78, 5) is 18.4. The fourth-order valence-corrected chi connectivity index (χ4v) is 5.72. The second kappa shape index (κ2) is 9.60. The molecule has 1 amide bonds. The number of carbonyl (C=O) groups is 1. The maximum Gasteiger partial charge on any atom is 0.274 e. The summed E-state index contributed by atoms with van der Waals surface area (Å²) in [7, 11) is 5.27. The molecule has 0 saturated heterocycles. The third-order valence-electron chi connectivity index (χ3n) is 6.45. The lowest BCUT2D eigenvalue weighted by atomic mass is 10.0. The molecule has 0 spiro atoms. The van der Waals surface area contributed by atoms with Crippen molar-refractivity contribution in [3.05, 3.63) is 82.0 Å². The van der Waals surface area contributed by atoms with Gasteiger partial charge in [0.05, 0.1) is 7.11 Å². The van der Waals surface area contributed by atoms with E-state index in [0.717, 1.165) is 50.3 Å². The van der Waals surface area contributed by atoms with Crippen LogP contribution in [-0.4, -0.2) is 53.2 Å². The van der Waals surface area contributed by atoms with Crippen LogP contribution in [-0.2, 0) is 32.5 Å². The van der Waals surface area contributed by atoms with Crippen LogP contribution < -0.4 is 4.74 Å². The lowest BCUT2D eigenvalue weighted by Gasteiger charge is -2.27. The summed E-state index contributed by atoms with van der Waals surface area (Å²) in [6.45, 7) is 3.36. The smallest absolute Gasteiger partial charge is 0.274 e. The number of carbonyl (C=O) groups excluding carboxylic acids is 1. The largest absolute Gasteiger partial charge is 0.497 e. The zero-order valence-corrected chi connectivity index (χ0v) is 20.8. The summed E-state index contributed by atoms with van der Waals surface area (Å²) in [5.41, 5.74) is 4.11. The molecule has 5 rings (SSSR count). The molecule has 0 bridgehead atoms. The first-order valence-electron chi connectivity index (χ1n) is 11.6. The van der Waals surface area contributed by atoms with Crippen molar-refractivity contribution in [1.29, 1.82) is 0 Å². The molecule has 0 saturated carbocycles. The fourth-order valence-electron chi connectivity index (χ4n) is 4.61. The predicted molar refractivity (Wildman–Crippen MR) is 137 cm³/mol. The SMILES string of the molecule is COc1ccc(CCn2nc(C(=O)N(C)C)c3c2CCN(Cc2cc4ccccc4s2)C3)cc1. The van der Waals surface area contributed by atoms with Gasteiger partial charge in [0.1, 0.15) is 5.75 Å². The number of nitrogens with zero attached hydrogens (tertiary/aromatic N) is 4. The normalized spacial score (nSPS) is 13.7. The van der Waals surface area contributed by atoms with E-state index in [0.29, 0.717) is 5.69 Å². The number of aromatic nitrogens is 2. The molecule has 0 fully saturated rings. The number of thiophene rings is 1. The first kappa shape index (κ1) is 22.6. The van der Waals surface area contributed by atoms with E-state index in [-0.39, 0.29) is 5.91 Å². The Hall–Kier alpha value is -3.16. The molecule has 0 N–H and O–H groups in total. The van der Waals surface area contributed by atoms with Crippen LogP contribution in [0.15, 0.2) is 54.6 Å². The molecule has 34 heavy (non-hydrogen) atoms. The van der Waals surface area contributed by atoms with Crippen LogP contribution in [0.1, 0.15) is 32.2 Å². The third-order valence-corrected chi connectivity index (χ3v) is 7.55. The highest BCUT2D eigenvalue weighted by Crippen LogP contribution is 2.29. The summed E-state index contributed by atoms with van der Waals surface area (Å²) < 4.78 is 8.65. The monoisotopic (exact) mass is 474 g/mol. The number of hydrogen-bond acceptors (Lipinski definition) is 5. The van der Waals surface area contributed by atoms with E-state index in [9.17, 15) is 4.79 Å². The highest BCUT2D eigenvalue weighted by atomic mass is 32.1. The molecule has 0 aliphatic carbocycles. The second-order valence-corrected chi connectivity index (χ2v) is 10.2. The number of aryl methyl sites for hydroxylation is 2. The fraction of sp³-hybridized carbons (Fsp3) is 0.333. The molecule has 1 aliphatic heterocycles. The van der Waals surface area contributed by atoms with Gasteiger partial charge in [-0.15, -0.1) is 11.3 Å². The van der Waals surface area contributed by atoms with Crippen LogP contribution in [0.25, 0.3) is 10.1 Å². The van der Waals surface area contributed by atoms with E-state index in [2.05, 4.69) is 52.0 Å². The Morgan fingerprint density at radius 2 is 1.94 bits per heavy atom. The molecule has 2 aromatic heterocycles. The van der Waals surface area contributed by atoms with Crippen molar-refractivity contribution in [1.82, 2.24) is 19.6 Å². The van der Waals surface area contributed by atoms with Crippen LogP contribution in [0.2, 0.25) is 0 Å². The lowest BCUT2D eigenvalue weighted by molar-refractivity contribution is 0.0818. The Labute approximate surface area is 204 Å². The lowest BCUT2D eigenvalue weighted by Crippen LogP contribution is -2.32. The highest BCUT2D eigenvalue weighted by Gasteiger charge is 2.29. The van der Waals surface area contributed by atoms with Crippen molar-refractivity contribution in [2.45, 2.75) is 32.5 Å². The molecule has 3 heterocycles. The second-order valence-electron chi connectivity index (χ2n) is 9.01. The van der Waals surface area contributed by atoms with Crippen LogP contribution in [0.3, 0.4) is 0 Å². The van der Waals surface area contributed by atoms with Crippen molar-refractivity contribution >= 4 is 27.3 Å². The Balaban J connectivity index is 1.36. The molecule has 4 aromatic rings. The molecule has 0 unspecified atom stereocenters. The first-order chi connectivity index (χ1) is 16.5. The van der Waals surface area contributed by atoms with E-state index >= 15 is 0 Å². The van der Waals surface area contributed by atoms with Gasteiger partial charge in [-0.1, -0.05) is 30.3 Å². The van der Waals surface area contributed by atoms with Crippen LogP contribution in [0, 0.1) is 0 Å². The minimum atomic E-state index is -0.0249. The summed E-state index contributed by atoms with van der Waals surface area (Å²) in [5.74, 6) is 0.834. The van der Waals surface area contributed by atoms with Crippen LogP contribution in [0.4, 0.5) is 0 Å². The van der Waals surface area contributed by atoms with E-state index in [1.165, 1.54) is 26.2 Å². The molecule has 7 heteroatoms. The quantitative estimate of drug-likeness (QED) is 0.393. The van der Waals surface area contributed by atoms with Gasteiger partial charge in [-0.25, -0.2) is 0 Å². The van der Waals surface area contributed by atoms with Crippen molar-refractivity contribution in [3.63, 3.8) is 0 Å². The molecule has 0 radical (unpaired) electrons. The number of fused-ring (bicyclic) bond motifs is 2. The summed E-state index contributed by atoms with van der Waals surface area (Å²) in [6, 6.07) is 19.0. The van der Waals surface area contributed by atoms with Gasteiger partial charge in [0.2, 0.25) is 0 Å². The van der Waals surface area contributed by atoms with Crippen LogP contribution in [0.5, 0.6) is 5.75 Å². The minimum Gasteiger partial charge on any atom is -0.497 e. The molecule has 176 valence electrons.